The number of hydrogen-bond donors (Lipinski definition) is 2. The monoisotopic (exact) mass is 589 g/mol. The third-order valence-electron chi connectivity index (χ3n) is 9.40. The van der Waals surface area contributed by atoms with E-state index in [0.717, 1.165) is 29.8 Å². The molecule has 2 saturated carbocycles. The van der Waals surface area contributed by atoms with Crippen LogP contribution in [0.4, 0.5) is 5.95 Å². The third kappa shape index (κ3) is 5.93. The van der Waals surface area contributed by atoms with Gasteiger partial charge in [0.25, 0.3) is 10.0 Å². The summed E-state index contributed by atoms with van der Waals surface area (Å²) in [5.74, 6) is 0.231. The highest BCUT2D eigenvalue weighted by atomic mass is 32.2. The van der Waals surface area contributed by atoms with Crippen LogP contribution in [0.15, 0.2) is 53.4 Å². The fraction of sp³-hybridized carbons (Fsp3) is 0.469. The molecule has 2 atom stereocenters. The molecule has 0 amide bonds. The lowest BCUT2D eigenvalue weighted by Gasteiger charge is -2.34. The lowest BCUT2D eigenvalue weighted by atomic mass is 9.83. The summed E-state index contributed by atoms with van der Waals surface area (Å²) in [5.41, 5.74) is 4.42. The molecule has 1 aliphatic heterocycles. The molecule has 2 heterocycles. The summed E-state index contributed by atoms with van der Waals surface area (Å²) < 4.78 is 35.7. The highest BCUT2D eigenvalue weighted by molar-refractivity contribution is 7.92. The van der Waals surface area contributed by atoms with E-state index < -0.39 is 10.0 Å². The van der Waals surface area contributed by atoms with Crippen molar-refractivity contribution in [1.29, 1.82) is 0 Å². The fourth-order valence-corrected chi connectivity index (χ4v) is 7.72. The van der Waals surface area contributed by atoms with E-state index in [2.05, 4.69) is 24.9 Å². The average molecular weight is 590 g/mol. The van der Waals surface area contributed by atoms with E-state index in [-0.39, 0.29) is 28.6 Å². The molecule has 2 N–H and O–H groups in total. The second-order valence-electron chi connectivity index (χ2n) is 12.2. The molecule has 3 aromatic rings. The summed E-state index contributed by atoms with van der Waals surface area (Å²) in [6.45, 7) is 5.69. The second kappa shape index (κ2) is 11.4. The summed E-state index contributed by atoms with van der Waals surface area (Å²) in [6.07, 6.45) is 8.40. The van der Waals surface area contributed by atoms with Crippen LogP contribution in [0, 0.1) is 19.3 Å². The lowest BCUT2D eigenvalue weighted by Crippen LogP contribution is -2.40. The van der Waals surface area contributed by atoms with Crippen molar-refractivity contribution in [3.8, 4) is 17.1 Å². The number of sulfonamides is 1. The van der Waals surface area contributed by atoms with E-state index in [0.29, 0.717) is 29.3 Å². The summed E-state index contributed by atoms with van der Waals surface area (Å²) in [4.78, 5) is 22.9. The van der Waals surface area contributed by atoms with Crippen molar-refractivity contribution in [2.75, 3.05) is 24.9 Å². The molecule has 9 nitrogen and oxygen atoms in total. The number of hydrogen-bond acceptors (Lipinski definition) is 8. The number of ether oxygens (including phenoxy) is 1. The average Bonchev–Trinajstić information content (AvgIpc) is 3.60. The minimum atomic E-state index is -4.06. The first-order chi connectivity index (χ1) is 20.2. The number of likely N-dealkylation sites (tertiary alicyclic amines) is 1. The van der Waals surface area contributed by atoms with Gasteiger partial charge in [0.2, 0.25) is 11.8 Å². The molecular weight excluding hydrogens is 550 g/mol. The first-order valence-electron chi connectivity index (χ1n) is 14.8. The van der Waals surface area contributed by atoms with Crippen molar-refractivity contribution in [2.24, 2.45) is 5.41 Å². The standard InChI is InChI=1S/C32H39N5O4S/c1-21-6-4-7-22(2)30(21)26-17-29(35-31(34-26)36-42(39,40)25-9-5-8-23(16-25)20-38)41-28-19-37(18-27(28)33-3)24-10-12-32(13-11-24)14-15-32/h4-9,16-17,20,24,27-28,33H,10-15,18-19H2,1-3H3,(H,34,35,36)/t27-,28-/m1/s1. The van der Waals surface area contributed by atoms with Crippen molar-refractivity contribution < 1.29 is 17.9 Å². The highest BCUT2D eigenvalue weighted by Gasteiger charge is 2.47. The maximum absolute atomic E-state index is 13.3. The van der Waals surface area contributed by atoms with E-state index in [1.807, 2.05) is 39.1 Å². The number of nitrogens with one attached hydrogen (secondary N) is 2. The van der Waals surface area contributed by atoms with E-state index in [1.165, 1.54) is 56.7 Å². The van der Waals surface area contributed by atoms with Gasteiger partial charge in [-0.3, -0.25) is 9.69 Å². The largest absolute Gasteiger partial charge is 0.471 e. The molecule has 1 spiro atoms. The second-order valence-corrected chi connectivity index (χ2v) is 13.9. The van der Waals surface area contributed by atoms with Crippen molar-refractivity contribution in [2.45, 2.75) is 75.5 Å². The number of anilines is 1. The molecule has 0 bridgehead atoms. The number of carbonyl (C=O) groups excluding carboxylic acids is 1. The first kappa shape index (κ1) is 28.8. The van der Waals surface area contributed by atoms with Gasteiger partial charge in [0, 0.05) is 36.3 Å². The van der Waals surface area contributed by atoms with Crippen molar-refractivity contribution >= 4 is 22.3 Å². The van der Waals surface area contributed by atoms with Gasteiger partial charge < -0.3 is 10.1 Å². The number of aldehydes is 1. The Morgan fingerprint density at radius 2 is 1.69 bits per heavy atom. The van der Waals surface area contributed by atoms with Crippen LogP contribution in [0.5, 0.6) is 5.88 Å². The van der Waals surface area contributed by atoms with E-state index in [9.17, 15) is 13.2 Å². The Kier molecular flexibility index (Phi) is 7.80. The predicted molar refractivity (Wildman–Crippen MR) is 162 cm³/mol. The molecule has 222 valence electrons. The Hall–Kier alpha value is -3.34. The van der Waals surface area contributed by atoms with Crippen molar-refractivity contribution in [1.82, 2.24) is 20.2 Å². The summed E-state index contributed by atoms with van der Waals surface area (Å²) in [5, 5.41) is 3.43. The van der Waals surface area contributed by atoms with Crippen molar-refractivity contribution in [3.63, 3.8) is 0 Å². The normalized spacial score (nSPS) is 22.3. The molecule has 42 heavy (non-hydrogen) atoms. The van der Waals surface area contributed by atoms with Gasteiger partial charge in [-0.15, -0.1) is 0 Å². The van der Waals surface area contributed by atoms with E-state index in [1.54, 1.807) is 12.1 Å². The Balaban J connectivity index is 1.29. The quantitative estimate of drug-likeness (QED) is 0.344. The zero-order valence-electron chi connectivity index (χ0n) is 24.5. The van der Waals surface area contributed by atoms with Gasteiger partial charge in [-0.1, -0.05) is 30.3 Å². The molecule has 3 fully saturated rings. The molecule has 10 heteroatoms. The smallest absolute Gasteiger partial charge is 0.264 e. The number of likely N-dealkylation sites (N-methyl/N-ethyl adjacent to an activating group) is 1. The van der Waals surface area contributed by atoms with Gasteiger partial charge in [0.15, 0.2) is 0 Å². The maximum atomic E-state index is 13.3. The molecule has 0 radical (unpaired) electrons. The Labute approximate surface area is 248 Å². The third-order valence-corrected chi connectivity index (χ3v) is 10.7. The van der Waals surface area contributed by atoms with Crippen LogP contribution < -0.4 is 14.8 Å². The Morgan fingerprint density at radius 3 is 2.36 bits per heavy atom. The predicted octanol–water partition coefficient (Wildman–Crippen LogP) is 4.75. The molecule has 0 unspecified atom stereocenters. The number of aryl methyl sites for hydroxylation is 2. The zero-order chi connectivity index (χ0) is 29.5. The van der Waals surface area contributed by atoms with Crippen molar-refractivity contribution in [3.05, 3.63) is 65.2 Å². The summed E-state index contributed by atoms with van der Waals surface area (Å²) >= 11 is 0. The van der Waals surface area contributed by atoms with Crippen LogP contribution >= 0.6 is 0 Å². The van der Waals surface area contributed by atoms with Gasteiger partial charge in [0.1, 0.15) is 12.4 Å². The maximum Gasteiger partial charge on any atom is 0.264 e. The zero-order valence-corrected chi connectivity index (χ0v) is 25.3. The number of rotatable bonds is 9. The molecular formula is C32H39N5O4S. The van der Waals surface area contributed by atoms with E-state index >= 15 is 0 Å². The van der Waals surface area contributed by atoms with Crippen LogP contribution in [0.1, 0.15) is 60.0 Å². The molecule has 3 aliphatic rings. The van der Waals surface area contributed by atoms with Crippen LogP contribution in [-0.2, 0) is 10.0 Å². The lowest BCUT2D eigenvalue weighted by molar-refractivity contribution is 0.112. The Bertz CT molecular complexity index is 1560. The van der Waals surface area contributed by atoms with Gasteiger partial charge in [0.05, 0.1) is 16.6 Å². The van der Waals surface area contributed by atoms with Crippen LogP contribution in [0.25, 0.3) is 11.3 Å². The SMILES string of the molecule is CN[C@@H]1CN(C2CCC3(CC2)CC3)C[C@H]1Oc1cc(-c2c(C)cccc2C)nc(NS(=O)(=O)c2cccc(C=O)c2)n1. The Morgan fingerprint density at radius 1 is 0.976 bits per heavy atom. The molecule has 1 saturated heterocycles. The van der Waals surface area contributed by atoms with Crippen LogP contribution in [0.3, 0.4) is 0 Å². The minimum absolute atomic E-state index is 0.0437. The van der Waals surface area contributed by atoms with Gasteiger partial charge in [-0.2, -0.15) is 4.98 Å². The van der Waals surface area contributed by atoms with E-state index in [4.69, 9.17) is 4.74 Å². The summed E-state index contributed by atoms with van der Waals surface area (Å²) in [6, 6.07) is 14.3. The summed E-state index contributed by atoms with van der Waals surface area (Å²) in [7, 11) is -2.10. The van der Waals surface area contributed by atoms with Gasteiger partial charge in [-0.05, 0) is 88.1 Å². The molecule has 2 aromatic carbocycles. The molecule has 1 aromatic heterocycles. The van der Waals surface area contributed by atoms with Crippen LogP contribution in [-0.4, -0.2) is 67.9 Å². The topological polar surface area (TPSA) is 114 Å². The van der Waals surface area contributed by atoms with Gasteiger partial charge in [-0.25, -0.2) is 18.1 Å². The van der Waals surface area contributed by atoms with Gasteiger partial charge >= 0.3 is 0 Å². The molecule has 6 rings (SSSR count). The highest BCUT2D eigenvalue weighted by Crippen LogP contribution is 2.56. The van der Waals surface area contributed by atoms with Crippen LogP contribution in [0.2, 0.25) is 0 Å². The number of carbonyl (C=O) groups is 1. The number of aromatic nitrogens is 2. The number of benzene rings is 2. The first-order valence-corrected chi connectivity index (χ1v) is 16.3. The number of nitrogens with zero attached hydrogens (tertiary/aromatic N) is 3. The minimum Gasteiger partial charge on any atom is -0.471 e. The fourth-order valence-electron chi connectivity index (χ4n) is 6.72. The molecule has 2 aliphatic carbocycles.